The Kier molecular flexibility index (Phi) is 1.20. The Bertz CT molecular complexity index is 168. The highest BCUT2D eigenvalue weighted by Gasteiger charge is 1.90. The predicted octanol–water partition coefficient (Wildman–Crippen LogP) is 0.817. The molecular formula is C5H8N3. The lowest BCUT2D eigenvalue weighted by atomic mass is 10.6. The van der Waals surface area contributed by atoms with Gasteiger partial charge in [-0.15, -0.1) is 0 Å². The second-order valence-electron chi connectivity index (χ2n) is 1.53. The normalized spacial score (nSPS) is 9.62. The zero-order valence-corrected chi connectivity index (χ0v) is 4.76. The number of aryl methyl sites for hydroxylation is 1. The van der Waals surface area contributed by atoms with Crippen molar-refractivity contribution >= 4 is 5.82 Å². The predicted molar refractivity (Wildman–Crippen MR) is 30.7 cm³/mol. The van der Waals surface area contributed by atoms with Gasteiger partial charge < -0.3 is 0 Å². The van der Waals surface area contributed by atoms with Crippen molar-refractivity contribution in [1.82, 2.24) is 15.5 Å². The molecule has 0 atom stereocenters. The summed E-state index contributed by atoms with van der Waals surface area (Å²) in [6.07, 6.45) is 1.63. The van der Waals surface area contributed by atoms with E-state index < -0.39 is 0 Å². The molecule has 0 fully saturated rings. The number of nitrogens with one attached hydrogen (secondary N) is 1. The first kappa shape index (κ1) is 5.15. The topological polar surface area (TPSA) is 41.6 Å². The van der Waals surface area contributed by atoms with E-state index in [1.807, 2.05) is 6.92 Å². The van der Waals surface area contributed by atoms with Crippen LogP contribution in [0.4, 0.5) is 5.82 Å². The van der Waals surface area contributed by atoms with Crippen molar-refractivity contribution < 1.29 is 0 Å². The zero-order chi connectivity index (χ0) is 5.98. The van der Waals surface area contributed by atoms with Gasteiger partial charge in [0.05, 0.1) is 6.20 Å². The summed E-state index contributed by atoms with van der Waals surface area (Å²) in [6, 6.07) is 1.67. The highest BCUT2D eigenvalue weighted by Crippen LogP contribution is 1.99. The summed E-state index contributed by atoms with van der Waals surface area (Å²) < 4.78 is 1.62. The SMILES string of the molecule is CCn1nccc1[NH]. The lowest BCUT2D eigenvalue weighted by Crippen LogP contribution is -1.95. The van der Waals surface area contributed by atoms with E-state index >= 15 is 0 Å². The third-order valence-electron chi connectivity index (χ3n) is 1.02. The van der Waals surface area contributed by atoms with Crippen LogP contribution in [0.15, 0.2) is 12.3 Å². The molecule has 3 nitrogen and oxygen atoms in total. The van der Waals surface area contributed by atoms with Gasteiger partial charge in [-0.1, -0.05) is 0 Å². The van der Waals surface area contributed by atoms with Gasteiger partial charge in [-0.3, -0.25) is 5.73 Å². The van der Waals surface area contributed by atoms with Crippen LogP contribution in [0.1, 0.15) is 6.92 Å². The second-order valence-corrected chi connectivity index (χ2v) is 1.53. The number of hydrogen-bond acceptors (Lipinski definition) is 1. The molecule has 3 heteroatoms. The average Bonchev–Trinajstić information content (AvgIpc) is 2.14. The zero-order valence-electron chi connectivity index (χ0n) is 4.76. The highest BCUT2D eigenvalue weighted by atomic mass is 15.3. The first-order valence-corrected chi connectivity index (χ1v) is 2.58. The summed E-state index contributed by atoms with van der Waals surface area (Å²) in [4.78, 5) is 0. The van der Waals surface area contributed by atoms with Crippen molar-refractivity contribution in [2.24, 2.45) is 0 Å². The van der Waals surface area contributed by atoms with E-state index in [2.05, 4.69) is 5.10 Å². The van der Waals surface area contributed by atoms with Gasteiger partial charge in [-0.25, -0.2) is 4.68 Å². The maximum absolute atomic E-state index is 7.15. The molecule has 0 amide bonds. The monoisotopic (exact) mass is 110 g/mol. The minimum absolute atomic E-state index is 0.479. The lowest BCUT2D eigenvalue weighted by molar-refractivity contribution is 0.661. The minimum atomic E-state index is 0.479. The van der Waals surface area contributed by atoms with Gasteiger partial charge >= 0.3 is 0 Å². The quantitative estimate of drug-likeness (QED) is 0.527. The molecule has 1 heterocycles. The van der Waals surface area contributed by atoms with Gasteiger partial charge in [0.1, 0.15) is 5.82 Å². The molecule has 1 aromatic heterocycles. The van der Waals surface area contributed by atoms with Crippen LogP contribution in [0.2, 0.25) is 0 Å². The van der Waals surface area contributed by atoms with Crippen LogP contribution in [0.25, 0.3) is 0 Å². The van der Waals surface area contributed by atoms with Crippen LogP contribution in [0.5, 0.6) is 0 Å². The first-order valence-electron chi connectivity index (χ1n) is 2.58. The maximum atomic E-state index is 7.15. The van der Waals surface area contributed by atoms with E-state index in [1.54, 1.807) is 16.9 Å². The van der Waals surface area contributed by atoms with E-state index in [0.29, 0.717) is 5.82 Å². The Morgan fingerprint density at radius 1 is 1.88 bits per heavy atom. The van der Waals surface area contributed by atoms with Crippen LogP contribution in [-0.2, 0) is 6.54 Å². The second kappa shape index (κ2) is 1.86. The molecule has 0 aliphatic heterocycles. The van der Waals surface area contributed by atoms with Crippen molar-refractivity contribution in [2.45, 2.75) is 13.5 Å². The molecule has 0 aliphatic carbocycles. The third kappa shape index (κ3) is 0.665. The van der Waals surface area contributed by atoms with Gasteiger partial charge in [-0.2, -0.15) is 5.10 Å². The van der Waals surface area contributed by atoms with Crippen molar-refractivity contribution in [3.05, 3.63) is 12.3 Å². The molecule has 0 unspecified atom stereocenters. The van der Waals surface area contributed by atoms with Crippen molar-refractivity contribution in [1.29, 1.82) is 0 Å². The fourth-order valence-electron chi connectivity index (χ4n) is 0.585. The van der Waals surface area contributed by atoms with Crippen LogP contribution >= 0.6 is 0 Å². The summed E-state index contributed by atoms with van der Waals surface area (Å²) >= 11 is 0. The van der Waals surface area contributed by atoms with E-state index in [1.165, 1.54) is 0 Å². The van der Waals surface area contributed by atoms with Crippen LogP contribution in [-0.4, -0.2) is 9.78 Å². The van der Waals surface area contributed by atoms with E-state index in [9.17, 15) is 0 Å². The van der Waals surface area contributed by atoms with Gasteiger partial charge in [0.2, 0.25) is 0 Å². The van der Waals surface area contributed by atoms with Gasteiger partial charge in [-0.05, 0) is 6.92 Å². The molecule has 1 N–H and O–H groups in total. The molecule has 1 radical (unpaired) electrons. The van der Waals surface area contributed by atoms with Gasteiger partial charge in [0.25, 0.3) is 0 Å². The van der Waals surface area contributed by atoms with Crippen LogP contribution < -0.4 is 5.73 Å². The lowest BCUT2D eigenvalue weighted by Gasteiger charge is -1.93. The largest absolute Gasteiger partial charge is 0.283 e. The highest BCUT2D eigenvalue weighted by molar-refractivity contribution is 5.20. The average molecular weight is 110 g/mol. The summed E-state index contributed by atoms with van der Waals surface area (Å²) in [7, 11) is 0. The molecule has 43 valence electrons. The Balaban J connectivity index is 2.92. The smallest absolute Gasteiger partial charge is 0.142 e. The van der Waals surface area contributed by atoms with Gasteiger partial charge in [0, 0.05) is 12.6 Å². The summed E-state index contributed by atoms with van der Waals surface area (Å²) in [5.74, 6) is 0.479. The molecule has 0 bridgehead atoms. The number of rotatable bonds is 1. The Labute approximate surface area is 48.1 Å². The first-order chi connectivity index (χ1) is 3.84. The molecule has 0 aliphatic rings. The molecule has 0 saturated carbocycles. The summed E-state index contributed by atoms with van der Waals surface area (Å²) in [5, 5.41) is 3.86. The van der Waals surface area contributed by atoms with Crippen molar-refractivity contribution in [2.75, 3.05) is 0 Å². The standard InChI is InChI=1S/C5H8N3/c1-2-8-5(6)3-4-7-8/h3-4,6H,2H2,1H3. The van der Waals surface area contributed by atoms with Crippen molar-refractivity contribution in [3.63, 3.8) is 0 Å². The molecule has 0 aromatic carbocycles. The Morgan fingerprint density at radius 3 is 2.88 bits per heavy atom. The maximum Gasteiger partial charge on any atom is 0.142 e. The van der Waals surface area contributed by atoms with E-state index in [-0.39, 0.29) is 0 Å². The van der Waals surface area contributed by atoms with Crippen LogP contribution in [0.3, 0.4) is 0 Å². The summed E-state index contributed by atoms with van der Waals surface area (Å²) in [6.45, 7) is 2.75. The third-order valence-corrected chi connectivity index (χ3v) is 1.02. The minimum Gasteiger partial charge on any atom is -0.283 e. The molecule has 1 aromatic rings. The number of aromatic nitrogens is 2. The molecular weight excluding hydrogens is 102 g/mol. The fourth-order valence-corrected chi connectivity index (χ4v) is 0.585. The molecule has 0 saturated heterocycles. The van der Waals surface area contributed by atoms with E-state index in [4.69, 9.17) is 5.73 Å². The van der Waals surface area contributed by atoms with Crippen LogP contribution in [0, 0.1) is 0 Å². The molecule has 8 heavy (non-hydrogen) atoms. The molecule has 0 spiro atoms. The summed E-state index contributed by atoms with van der Waals surface area (Å²) in [5.41, 5.74) is 7.15. The van der Waals surface area contributed by atoms with E-state index in [0.717, 1.165) is 6.54 Å². The molecule has 1 rings (SSSR count). The Morgan fingerprint density at radius 2 is 2.62 bits per heavy atom. The number of nitrogens with zero attached hydrogens (tertiary/aromatic N) is 2. The van der Waals surface area contributed by atoms with Gasteiger partial charge in [0.15, 0.2) is 0 Å². The fraction of sp³-hybridized carbons (Fsp3) is 0.400. The Hall–Kier alpha value is -0.990. The van der Waals surface area contributed by atoms with Crippen molar-refractivity contribution in [3.8, 4) is 0 Å². The number of hydrogen-bond donors (Lipinski definition) is 0.